The van der Waals surface area contributed by atoms with Crippen molar-refractivity contribution in [2.24, 2.45) is 0 Å². The van der Waals surface area contributed by atoms with Crippen LogP contribution in [0.5, 0.6) is 0 Å². The molecule has 0 saturated heterocycles. The summed E-state index contributed by atoms with van der Waals surface area (Å²) in [5.74, 6) is 1.95. The Balaban J connectivity index is 1.24. The van der Waals surface area contributed by atoms with E-state index >= 15 is 0 Å². The lowest BCUT2D eigenvalue weighted by Gasteiger charge is -2.13. The van der Waals surface area contributed by atoms with E-state index in [1.165, 1.54) is 47.9 Å². The normalized spacial score (nSPS) is 11.8. The second-order valence-electron chi connectivity index (χ2n) is 13.3. The number of hydrogen-bond donors (Lipinski definition) is 0. The number of para-hydroxylation sites is 1. The standard InChI is InChI=1S/C47H28N4S/c1-2-13-30(14-3-1)45-48-46(34-23-22-29-12-4-5-15-31(29)24-34)50-47(49-45)40-28-35(27-39-37-19-9-11-21-43(37)52-44(39)40)51-41-20-10-8-18-36(41)38-25-32-16-6-7-17-33(32)26-42(38)51/h1-28H. The van der Waals surface area contributed by atoms with Gasteiger partial charge in [0.05, 0.1) is 11.0 Å². The van der Waals surface area contributed by atoms with E-state index in [1.807, 2.05) is 18.2 Å². The molecule has 0 atom stereocenters. The van der Waals surface area contributed by atoms with E-state index in [2.05, 4.69) is 156 Å². The van der Waals surface area contributed by atoms with E-state index in [0.717, 1.165) is 38.0 Å². The molecule has 0 fully saturated rings. The zero-order valence-electron chi connectivity index (χ0n) is 27.9. The second kappa shape index (κ2) is 11.4. The summed E-state index contributed by atoms with van der Waals surface area (Å²) in [7, 11) is 0. The number of nitrogens with zero attached hydrogens (tertiary/aromatic N) is 4. The van der Waals surface area contributed by atoms with E-state index < -0.39 is 0 Å². The van der Waals surface area contributed by atoms with Gasteiger partial charge in [-0.3, -0.25) is 0 Å². The number of thiophene rings is 1. The van der Waals surface area contributed by atoms with Gasteiger partial charge in [0.25, 0.3) is 0 Å². The van der Waals surface area contributed by atoms with Gasteiger partial charge in [-0.15, -0.1) is 11.3 Å². The lowest BCUT2D eigenvalue weighted by molar-refractivity contribution is 1.08. The summed E-state index contributed by atoms with van der Waals surface area (Å²) in [5.41, 5.74) is 6.30. The minimum Gasteiger partial charge on any atom is -0.309 e. The highest BCUT2D eigenvalue weighted by Crippen LogP contribution is 2.43. The molecule has 0 saturated carbocycles. The molecule has 0 aliphatic carbocycles. The summed E-state index contributed by atoms with van der Waals surface area (Å²) in [6.45, 7) is 0. The van der Waals surface area contributed by atoms with Crippen molar-refractivity contribution in [1.29, 1.82) is 0 Å². The number of rotatable bonds is 4. The number of hydrogen-bond acceptors (Lipinski definition) is 4. The SMILES string of the molecule is c1ccc(-c2nc(-c3ccc4ccccc4c3)nc(-c3cc(-n4c5ccccc5c5cc6ccccc6cc54)cc4c3sc3ccccc34)n2)cc1. The zero-order valence-corrected chi connectivity index (χ0v) is 28.7. The Hall–Kier alpha value is -6.69. The molecule has 3 aromatic heterocycles. The fourth-order valence-corrected chi connectivity index (χ4v) is 8.90. The quantitative estimate of drug-likeness (QED) is 0.186. The molecule has 0 bridgehead atoms. The third-order valence-corrected chi connectivity index (χ3v) is 11.4. The Kier molecular flexibility index (Phi) is 6.39. The molecule has 0 radical (unpaired) electrons. The van der Waals surface area contributed by atoms with Gasteiger partial charge in [-0.25, -0.2) is 15.0 Å². The molecule has 0 aliphatic rings. The molecule has 52 heavy (non-hydrogen) atoms. The van der Waals surface area contributed by atoms with Crippen LogP contribution in [0, 0.1) is 0 Å². The Bertz CT molecular complexity index is 3190. The van der Waals surface area contributed by atoms with Gasteiger partial charge in [0.1, 0.15) is 0 Å². The van der Waals surface area contributed by atoms with Crippen LogP contribution in [0.15, 0.2) is 170 Å². The highest BCUT2D eigenvalue weighted by molar-refractivity contribution is 7.26. The fourth-order valence-electron chi connectivity index (χ4n) is 7.71. The number of fused-ring (bicyclic) bond motifs is 8. The van der Waals surface area contributed by atoms with Gasteiger partial charge in [-0.05, 0) is 64.0 Å². The largest absolute Gasteiger partial charge is 0.309 e. The van der Waals surface area contributed by atoms with Gasteiger partial charge in [0.2, 0.25) is 0 Å². The third-order valence-electron chi connectivity index (χ3n) is 10.2. The Morgan fingerprint density at radius 3 is 1.85 bits per heavy atom. The predicted octanol–water partition coefficient (Wildman–Crippen LogP) is 12.6. The Morgan fingerprint density at radius 1 is 0.385 bits per heavy atom. The molecule has 0 N–H and O–H groups in total. The molecule has 0 amide bonds. The van der Waals surface area contributed by atoms with Crippen molar-refractivity contribution in [3.05, 3.63) is 170 Å². The Labute approximate surface area is 302 Å². The van der Waals surface area contributed by atoms with Crippen LogP contribution in [-0.4, -0.2) is 19.5 Å². The van der Waals surface area contributed by atoms with Gasteiger partial charge in [0.15, 0.2) is 17.5 Å². The monoisotopic (exact) mass is 680 g/mol. The van der Waals surface area contributed by atoms with Gasteiger partial charge < -0.3 is 4.57 Å². The zero-order chi connectivity index (χ0) is 34.2. The lowest BCUT2D eigenvalue weighted by Crippen LogP contribution is -2.01. The average Bonchev–Trinajstić information content (AvgIpc) is 3.75. The average molecular weight is 681 g/mol. The van der Waals surface area contributed by atoms with Crippen LogP contribution >= 0.6 is 11.3 Å². The summed E-state index contributed by atoms with van der Waals surface area (Å²) in [6.07, 6.45) is 0. The van der Waals surface area contributed by atoms with Crippen LogP contribution in [0.25, 0.3) is 103 Å². The molecule has 0 aliphatic heterocycles. The van der Waals surface area contributed by atoms with Crippen molar-refractivity contribution < 1.29 is 0 Å². The molecule has 3 heterocycles. The molecule has 8 aromatic carbocycles. The molecular weight excluding hydrogens is 653 g/mol. The van der Waals surface area contributed by atoms with Gasteiger partial charge in [0, 0.05) is 53.3 Å². The summed E-state index contributed by atoms with van der Waals surface area (Å²) in [5, 5.41) is 9.65. The first-order chi connectivity index (χ1) is 25.7. The van der Waals surface area contributed by atoms with Crippen molar-refractivity contribution in [3.63, 3.8) is 0 Å². The maximum absolute atomic E-state index is 5.29. The Morgan fingerprint density at radius 2 is 1.02 bits per heavy atom. The van der Waals surface area contributed by atoms with Crippen LogP contribution in [0.2, 0.25) is 0 Å². The van der Waals surface area contributed by atoms with E-state index in [-0.39, 0.29) is 0 Å². The topological polar surface area (TPSA) is 43.6 Å². The molecule has 242 valence electrons. The molecule has 5 heteroatoms. The first-order valence-corrected chi connectivity index (χ1v) is 18.3. The van der Waals surface area contributed by atoms with Crippen molar-refractivity contribution in [2.45, 2.75) is 0 Å². The minimum absolute atomic E-state index is 0.650. The highest BCUT2D eigenvalue weighted by Gasteiger charge is 2.21. The third kappa shape index (κ3) is 4.57. The van der Waals surface area contributed by atoms with Gasteiger partial charge in [-0.1, -0.05) is 127 Å². The fraction of sp³-hybridized carbons (Fsp3) is 0. The molecule has 4 nitrogen and oxygen atoms in total. The van der Waals surface area contributed by atoms with E-state index in [4.69, 9.17) is 15.0 Å². The van der Waals surface area contributed by atoms with Crippen LogP contribution in [-0.2, 0) is 0 Å². The van der Waals surface area contributed by atoms with E-state index in [9.17, 15) is 0 Å². The van der Waals surface area contributed by atoms with Crippen molar-refractivity contribution in [2.75, 3.05) is 0 Å². The maximum atomic E-state index is 5.29. The molecular formula is C47H28N4S. The van der Waals surface area contributed by atoms with Crippen LogP contribution in [0.4, 0.5) is 0 Å². The van der Waals surface area contributed by atoms with E-state index in [0.29, 0.717) is 17.5 Å². The number of aromatic nitrogens is 4. The first-order valence-electron chi connectivity index (χ1n) is 17.4. The summed E-state index contributed by atoms with van der Waals surface area (Å²) in [4.78, 5) is 15.6. The highest BCUT2D eigenvalue weighted by atomic mass is 32.1. The number of benzene rings is 8. The molecule has 0 unspecified atom stereocenters. The smallest absolute Gasteiger partial charge is 0.165 e. The summed E-state index contributed by atoms with van der Waals surface area (Å²) < 4.78 is 4.80. The van der Waals surface area contributed by atoms with Crippen LogP contribution < -0.4 is 0 Å². The van der Waals surface area contributed by atoms with Crippen molar-refractivity contribution in [3.8, 4) is 39.9 Å². The van der Waals surface area contributed by atoms with Crippen LogP contribution in [0.3, 0.4) is 0 Å². The van der Waals surface area contributed by atoms with Gasteiger partial charge in [-0.2, -0.15) is 0 Å². The second-order valence-corrected chi connectivity index (χ2v) is 14.3. The first kappa shape index (κ1) is 29.1. The summed E-state index contributed by atoms with van der Waals surface area (Å²) in [6, 6.07) is 60.4. The van der Waals surface area contributed by atoms with Crippen molar-refractivity contribution >= 4 is 74.9 Å². The van der Waals surface area contributed by atoms with E-state index in [1.54, 1.807) is 11.3 Å². The minimum atomic E-state index is 0.650. The molecule has 11 rings (SSSR count). The van der Waals surface area contributed by atoms with Crippen LogP contribution in [0.1, 0.15) is 0 Å². The molecule has 0 spiro atoms. The molecule has 11 aromatic rings. The van der Waals surface area contributed by atoms with Crippen molar-refractivity contribution in [1.82, 2.24) is 19.5 Å². The predicted molar refractivity (Wildman–Crippen MR) is 218 cm³/mol. The maximum Gasteiger partial charge on any atom is 0.165 e. The van der Waals surface area contributed by atoms with Gasteiger partial charge >= 0.3 is 0 Å². The summed E-state index contributed by atoms with van der Waals surface area (Å²) >= 11 is 1.79. The lowest BCUT2D eigenvalue weighted by atomic mass is 10.1.